The van der Waals surface area contributed by atoms with Gasteiger partial charge in [0.15, 0.2) is 0 Å². The molecule has 0 radical (unpaired) electrons. The number of aryl methyl sites for hydroxylation is 4. The molecule has 75 heavy (non-hydrogen) atoms. The third-order valence-electron chi connectivity index (χ3n) is 12.1. The molecule has 0 heterocycles. The summed E-state index contributed by atoms with van der Waals surface area (Å²) >= 11 is 0. The van der Waals surface area contributed by atoms with Gasteiger partial charge in [-0.25, -0.2) is 0 Å². The Morgan fingerprint density at radius 2 is 1.15 bits per heavy atom. The van der Waals surface area contributed by atoms with Crippen molar-refractivity contribution in [2.75, 3.05) is 0 Å². The van der Waals surface area contributed by atoms with Crippen LogP contribution in [0.1, 0.15) is 206 Å². The number of fused-ring (bicyclic) bond motifs is 3. The lowest BCUT2D eigenvalue weighted by Crippen LogP contribution is -2.14. The van der Waals surface area contributed by atoms with Gasteiger partial charge in [0.05, 0.1) is 0 Å². The molecule has 0 N–H and O–H groups in total. The maximum Gasteiger partial charge on any atom is 0.0158 e. The highest BCUT2D eigenvalue weighted by molar-refractivity contribution is 5.81. The van der Waals surface area contributed by atoms with Gasteiger partial charge in [-0.05, 0) is 138 Å². The number of hydrogen-bond donors (Lipinski definition) is 0. The van der Waals surface area contributed by atoms with Crippen molar-refractivity contribution in [2.24, 2.45) is 5.41 Å². The molecule has 0 aromatic heterocycles. The first-order valence-electron chi connectivity index (χ1n) is 28.9. The van der Waals surface area contributed by atoms with Gasteiger partial charge in [-0.1, -0.05) is 317 Å². The second kappa shape index (κ2) is 37.7. The SMILES string of the molecule is C/C=C/C=C(\C=C/c1ccc(C2C=CC(C)=CC2)cc1)c1ccccc1.CC.CC.CC.CC.CC.CC(C)(C)C.CCCc1ccc(C)c(-c2ccccc2C)c1C.Cc1ccc2c(c1)C(C)(C)c1ccccc1-2. The Kier molecular flexibility index (Phi) is 34.7. The van der Waals surface area contributed by atoms with Crippen LogP contribution < -0.4 is 0 Å². The van der Waals surface area contributed by atoms with Crippen molar-refractivity contribution in [3.05, 3.63) is 237 Å². The van der Waals surface area contributed by atoms with Gasteiger partial charge in [0.1, 0.15) is 0 Å². The van der Waals surface area contributed by atoms with Crippen LogP contribution in [-0.4, -0.2) is 0 Å². The van der Waals surface area contributed by atoms with Crippen LogP contribution in [0.25, 0.3) is 33.9 Å². The summed E-state index contributed by atoms with van der Waals surface area (Å²) in [4.78, 5) is 0. The van der Waals surface area contributed by atoms with Gasteiger partial charge in [-0.3, -0.25) is 0 Å². The van der Waals surface area contributed by atoms with Crippen molar-refractivity contribution < 1.29 is 0 Å². The van der Waals surface area contributed by atoms with Crippen LogP contribution in [0.3, 0.4) is 0 Å². The zero-order valence-electron chi connectivity index (χ0n) is 52.0. The first-order valence-corrected chi connectivity index (χ1v) is 28.9. The minimum Gasteiger partial charge on any atom is -0.0876 e. The number of rotatable bonds is 8. The maximum atomic E-state index is 2.33. The number of hydrogen-bond acceptors (Lipinski definition) is 0. The van der Waals surface area contributed by atoms with Crippen LogP contribution in [0, 0.1) is 33.1 Å². The summed E-state index contributed by atoms with van der Waals surface area (Å²) in [6, 6.07) is 48.2. The van der Waals surface area contributed by atoms with Gasteiger partial charge in [0.25, 0.3) is 0 Å². The zero-order valence-corrected chi connectivity index (χ0v) is 52.0. The molecule has 0 amide bonds. The number of benzene rings is 6. The highest BCUT2D eigenvalue weighted by Gasteiger charge is 2.34. The molecule has 0 bridgehead atoms. The first-order chi connectivity index (χ1) is 36.0. The average Bonchev–Trinajstić information content (AvgIpc) is 3.66. The first kappa shape index (κ1) is 69.0. The third kappa shape index (κ3) is 22.8. The smallest absolute Gasteiger partial charge is 0.0158 e. The summed E-state index contributed by atoms with van der Waals surface area (Å²) in [6.07, 6.45) is 21.0. The minimum absolute atomic E-state index is 0.151. The molecular weight excluding hydrogens is 901 g/mol. The van der Waals surface area contributed by atoms with Crippen LogP contribution >= 0.6 is 0 Å². The van der Waals surface area contributed by atoms with Crippen LogP contribution in [0.5, 0.6) is 0 Å². The lowest BCUT2D eigenvalue weighted by atomic mass is 9.82. The second-order valence-corrected chi connectivity index (χ2v) is 20.0. The Bertz CT molecular complexity index is 2620. The van der Waals surface area contributed by atoms with Crippen LogP contribution in [-0.2, 0) is 11.8 Å². The molecule has 8 rings (SSSR count). The predicted molar refractivity (Wildman–Crippen MR) is 346 cm³/mol. The molecule has 0 saturated carbocycles. The molecule has 1 atom stereocenters. The molecule has 0 heteroatoms. The van der Waals surface area contributed by atoms with Gasteiger partial charge >= 0.3 is 0 Å². The largest absolute Gasteiger partial charge is 0.0876 e. The molecule has 0 saturated heterocycles. The summed E-state index contributed by atoms with van der Waals surface area (Å²) in [7, 11) is 0. The van der Waals surface area contributed by atoms with Crippen molar-refractivity contribution in [2.45, 2.75) is 190 Å². The topological polar surface area (TPSA) is 0 Å². The molecule has 6 aromatic rings. The normalized spacial score (nSPS) is 13.3. The van der Waals surface area contributed by atoms with E-state index in [1.807, 2.05) is 76.2 Å². The van der Waals surface area contributed by atoms with Gasteiger partial charge in [0, 0.05) is 11.3 Å². The van der Waals surface area contributed by atoms with E-state index in [-0.39, 0.29) is 5.41 Å². The van der Waals surface area contributed by atoms with Crippen molar-refractivity contribution in [3.63, 3.8) is 0 Å². The molecule has 406 valence electrons. The van der Waals surface area contributed by atoms with Crippen LogP contribution in [0.4, 0.5) is 0 Å². The van der Waals surface area contributed by atoms with E-state index in [0.29, 0.717) is 11.3 Å². The molecule has 1 unspecified atom stereocenters. The molecule has 0 aliphatic heterocycles. The summed E-state index contributed by atoms with van der Waals surface area (Å²) in [5, 5.41) is 0. The highest BCUT2D eigenvalue weighted by Crippen LogP contribution is 2.48. The van der Waals surface area contributed by atoms with Crippen molar-refractivity contribution in [1.82, 2.24) is 0 Å². The average molecular weight is 1010 g/mol. The third-order valence-corrected chi connectivity index (χ3v) is 12.1. The fourth-order valence-electron chi connectivity index (χ4n) is 8.61. The zero-order chi connectivity index (χ0) is 57.1. The van der Waals surface area contributed by atoms with E-state index in [0.717, 1.165) is 6.42 Å². The number of allylic oxidation sites excluding steroid dienone is 9. The van der Waals surface area contributed by atoms with E-state index in [2.05, 4.69) is 265 Å². The monoisotopic (exact) mass is 1010 g/mol. The van der Waals surface area contributed by atoms with Crippen LogP contribution in [0.2, 0.25) is 0 Å². The molecule has 2 aliphatic carbocycles. The lowest BCUT2D eigenvalue weighted by Gasteiger charge is -2.21. The van der Waals surface area contributed by atoms with E-state index in [1.165, 1.54) is 102 Å². The molecule has 6 aromatic carbocycles. The molecule has 0 fully saturated rings. The standard InChI is InChI=1S/C26H26.C18H22.C16H16.C5H12.5C2H6/c1-3-4-8-24(23-9-6-5-7-10-23)18-13-22-14-19-26(20-15-22)25-16-11-21(2)12-17-25;1-5-8-16-12-11-14(3)18(15(16)4)17-10-7-6-9-13(17)2;1-11-8-9-13-12-6-4-5-7-14(12)16(2,3)15(13)10-11;1-5(2,3)4;5*1-2/h3-16,18-20,25H,17H2,1-2H3;6-7,9-12H,5,8H2,1-4H3;4-10H,1-3H3;1-4H3;5*1-2H3/b4-3+,18-13-,24-8+;;;;;;;;. The van der Waals surface area contributed by atoms with Crippen LogP contribution in [0.15, 0.2) is 182 Å². The van der Waals surface area contributed by atoms with E-state index in [4.69, 9.17) is 0 Å². The Labute approximate surface area is 464 Å². The molecule has 2 aliphatic rings. The summed E-state index contributed by atoms with van der Waals surface area (Å²) < 4.78 is 0. The second-order valence-electron chi connectivity index (χ2n) is 20.0. The minimum atomic E-state index is 0.151. The van der Waals surface area contributed by atoms with E-state index < -0.39 is 0 Å². The van der Waals surface area contributed by atoms with Crippen molar-refractivity contribution >= 4 is 11.6 Å². The summed E-state index contributed by atoms with van der Waals surface area (Å²) in [5.41, 5.74) is 22.6. The maximum absolute atomic E-state index is 2.33. The molecule has 0 spiro atoms. The van der Waals surface area contributed by atoms with Crippen molar-refractivity contribution in [1.29, 1.82) is 0 Å². The molecule has 0 nitrogen and oxygen atoms in total. The van der Waals surface area contributed by atoms with Gasteiger partial charge in [-0.15, -0.1) is 0 Å². The predicted octanol–water partition coefficient (Wildman–Crippen LogP) is 24.1. The Morgan fingerprint density at radius 1 is 0.600 bits per heavy atom. The fourth-order valence-corrected chi connectivity index (χ4v) is 8.61. The van der Waals surface area contributed by atoms with Gasteiger partial charge in [-0.2, -0.15) is 0 Å². The fraction of sp³-hybridized carbons (Fsp3) is 0.387. The highest BCUT2D eigenvalue weighted by atomic mass is 14.4. The van der Waals surface area contributed by atoms with E-state index in [9.17, 15) is 0 Å². The Hall–Kier alpha value is -5.98. The van der Waals surface area contributed by atoms with E-state index >= 15 is 0 Å². The van der Waals surface area contributed by atoms with Crippen molar-refractivity contribution in [3.8, 4) is 22.3 Å². The van der Waals surface area contributed by atoms with Gasteiger partial charge in [0.2, 0.25) is 0 Å². The quantitative estimate of drug-likeness (QED) is 0.133. The Balaban J connectivity index is 0.000000988. The Morgan fingerprint density at radius 3 is 1.69 bits per heavy atom. The van der Waals surface area contributed by atoms with Gasteiger partial charge < -0.3 is 0 Å². The summed E-state index contributed by atoms with van der Waals surface area (Å²) in [5.74, 6) is 0.506. The summed E-state index contributed by atoms with van der Waals surface area (Å²) in [6.45, 7) is 48.7. The lowest BCUT2D eigenvalue weighted by molar-refractivity contribution is 0.469. The molecular formula is C75H106. The van der Waals surface area contributed by atoms with E-state index in [1.54, 1.807) is 0 Å².